The summed E-state index contributed by atoms with van der Waals surface area (Å²) >= 11 is 5.83. The quantitative estimate of drug-likeness (QED) is 0.329. The number of benzene rings is 1. The van der Waals surface area contributed by atoms with Crippen LogP contribution in [-0.2, 0) is 12.8 Å². The molecular weight excluding hydrogens is 388 g/mol. The number of hydrogen-bond donors (Lipinski definition) is 2. The first-order valence-electron chi connectivity index (χ1n) is 10.2. The fraction of sp³-hybridized carbons (Fsp3) is 0.455. The highest BCUT2D eigenvalue weighted by atomic mass is 35.5. The summed E-state index contributed by atoms with van der Waals surface area (Å²) in [6, 6.07) is 9.87. The highest BCUT2D eigenvalue weighted by Gasteiger charge is 2.06. The number of pyridine rings is 1. The summed E-state index contributed by atoms with van der Waals surface area (Å²) in [6.07, 6.45) is 3.48. The van der Waals surface area contributed by atoms with Gasteiger partial charge in [0.05, 0.1) is 13.2 Å². The zero-order chi connectivity index (χ0) is 20.9. The first kappa shape index (κ1) is 22.8. The molecule has 0 atom stereocenters. The molecule has 0 saturated heterocycles. The summed E-state index contributed by atoms with van der Waals surface area (Å²) in [4.78, 5) is 8.78. The Balaban J connectivity index is 1.88. The third kappa shape index (κ3) is 8.20. The van der Waals surface area contributed by atoms with Crippen LogP contribution < -0.4 is 20.1 Å². The topological polar surface area (TPSA) is 67.8 Å². The van der Waals surface area contributed by atoms with Crippen LogP contribution in [0, 0.1) is 0 Å². The van der Waals surface area contributed by atoms with Crippen LogP contribution in [0.1, 0.15) is 31.9 Å². The van der Waals surface area contributed by atoms with Crippen LogP contribution in [-0.4, -0.2) is 43.8 Å². The lowest BCUT2D eigenvalue weighted by Crippen LogP contribution is -2.38. The predicted octanol–water partition coefficient (Wildman–Crippen LogP) is 3.87. The fourth-order valence-corrected chi connectivity index (χ4v) is 2.88. The van der Waals surface area contributed by atoms with Crippen LogP contribution >= 0.6 is 11.6 Å². The lowest BCUT2D eigenvalue weighted by molar-refractivity contribution is 0.287. The third-order valence-electron chi connectivity index (χ3n) is 4.12. The van der Waals surface area contributed by atoms with E-state index in [0.29, 0.717) is 24.9 Å². The van der Waals surface area contributed by atoms with Crippen molar-refractivity contribution in [3.8, 4) is 11.5 Å². The Bertz CT molecular complexity index is 766. The SMILES string of the molecule is CCNC(=NCCc1ccc(OCC)c(OCC)c1)NCCc1ccc(Cl)nc1. The van der Waals surface area contributed by atoms with Crippen molar-refractivity contribution in [2.45, 2.75) is 33.6 Å². The lowest BCUT2D eigenvalue weighted by Gasteiger charge is -2.13. The van der Waals surface area contributed by atoms with Crippen molar-refractivity contribution in [2.75, 3.05) is 32.8 Å². The number of ether oxygens (including phenoxy) is 2. The van der Waals surface area contributed by atoms with E-state index in [1.165, 1.54) is 5.56 Å². The van der Waals surface area contributed by atoms with Gasteiger partial charge >= 0.3 is 0 Å². The van der Waals surface area contributed by atoms with Crippen LogP contribution in [0.4, 0.5) is 0 Å². The zero-order valence-corrected chi connectivity index (χ0v) is 18.3. The molecule has 0 aliphatic carbocycles. The van der Waals surface area contributed by atoms with E-state index in [1.807, 2.05) is 38.1 Å². The molecule has 0 fully saturated rings. The molecule has 0 aliphatic heterocycles. The van der Waals surface area contributed by atoms with Crippen molar-refractivity contribution in [1.82, 2.24) is 15.6 Å². The highest BCUT2D eigenvalue weighted by Crippen LogP contribution is 2.28. The summed E-state index contributed by atoms with van der Waals surface area (Å²) in [7, 11) is 0. The molecule has 7 heteroatoms. The second kappa shape index (κ2) is 12.9. The number of hydrogen-bond acceptors (Lipinski definition) is 4. The van der Waals surface area contributed by atoms with Crippen molar-refractivity contribution in [3.63, 3.8) is 0 Å². The highest BCUT2D eigenvalue weighted by molar-refractivity contribution is 6.29. The van der Waals surface area contributed by atoms with Gasteiger partial charge in [0, 0.05) is 25.8 Å². The van der Waals surface area contributed by atoms with Gasteiger partial charge in [-0.2, -0.15) is 0 Å². The fourth-order valence-electron chi connectivity index (χ4n) is 2.77. The molecule has 2 rings (SSSR count). The Morgan fingerprint density at radius 2 is 1.72 bits per heavy atom. The van der Waals surface area contributed by atoms with Crippen molar-refractivity contribution in [1.29, 1.82) is 0 Å². The molecule has 0 spiro atoms. The number of rotatable bonds is 11. The molecule has 0 radical (unpaired) electrons. The van der Waals surface area contributed by atoms with Crippen LogP contribution in [0.25, 0.3) is 0 Å². The maximum absolute atomic E-state index is 5.83. The summed E-state index contributed by atoms with van der Waals surface area (Å²) in [6.45, 7) is 9.49. The van der Waals surface area contributed by atoms with Crippen molar-refractivity contribution < 1.29 is 9.47 Å². The summed E-state index contributed by atoms with van der Waals surface area (Å²) in [5, 5.41) is 7.15. The van der Waals surface area contributed by atoms with Gasteiger partial charge in [-0.1, -0.05) is 23.7 Å². The van der Waals surface area contributed by atoms with Crippen LogP contribution in [0.5, 0.6) is 11.5 Å². The molecule has 158 valence electrons. The standard InChI is InChI=1S/C22H31ClN4O2/c1-4-24-22(26-14-12-18-8-10-21(23)27-16-18)25-13-11-17-7-9-19(28-5-2)20(15-17)29-6-3/h7-10,15-16H,4-6,11-14H2,1-3H3,(H2,24,25,26). The van der Waals surface area contributed by atoms with Gasteiger partial charge in [-0.05, 0) is 62.9 Å². The lowest BCUT2D eigenvalue weighted by atomic mass is 10.1. The maximum atomic E-state index is 5.83. The molecule has 0 bridgehead atoms. The van der Waals surface area contributed by atoms with Gasteiger partial charge in [-0.25, -0.2) is 4.98 Å². The van der Waals surface area contributed by atoms with Crippen LogP contribution in [0.2, 0.25) is 5.15 Å². The van der Waals surface area contributed by atoms with Crippen LogP contribution in [0.3, 0.4) is 0 Å². The van der Waals surface area contributed by atoms with Crippen LogP contribution in [0.15, 0.2) is 41.5 Å². The average Bonchev–Trinajstić information content (AvgIpc) is 2.71. The van der Waals surface area contributed by atoms with E-state index in [1.54, 1.807) is 6.20 Å². The monoisotopic (exact) mass is 418 g/mol. The number of halogens is 1. The van der Waals surface area contributed by atoms with E-state index < -0.39 is 0 Å². The molecule has 0 unspecified atom stereocenters. The molecule has 1 aromatic heterocycles. The second-order valence-corrected chi connectivity index (χ2v) is 6.71. The predicted molar refractivity (Wildman–Crippen MR) is 119 cm³/mol. The maximum Gasteiger partial charge on any atom is 0.191 e. The normalized spacial score (nSPS) is 11.2. The van der Waals surface area contributed by atoms with E-state index in [9.17, 15) is 0 Å². The van der Waals surface area contributed by atoms with Gasteiger partial charge in [0.2, 0.25) is 0 Å². The van der Waals surface area contributed by atoms with E-state index in [-0.39, 0.29) is 0 Å². The van der Waals surface area contributed by atoms with Gasteiger partial charge in [-0.3, -0.25) is 4.99 Å². The minimum atomic E-state index is 0.512. The minimum Gasteiger partial charge on any atom is -0.490 e. The smallest absolute Gasteiger partial charge is 0.191 e. The molecule has 6 nitrogen and oxygen atoms in total. The molecule has 1 heterocycles. The Labute approximate surface area is 178 Å². The minimum absolute atomic E-state index is 0.512. The molecule has 29 heavy (non-hydrogen) atoms. The van der Waals surface area contributed by atoms with Crippen molar-refractivity contribution >= 4 is 17.6 Å². The summed E-state index contributed by atoms with van der Waals surface area (Å²) < 4.78 is 11.3. The largest absolute Gasteiger partial charge is 0.490 e. The zero-order valence-electron chi connectivity index (χ0n) is 17.5. The third-order valence-corrected chi connectivity index (χ3v) is 4.34. The van der Waals surface area contributed by atoms with Gasteiger partial charge in [0.25, 0.3) is 0 Å². The van der Waals surface area contributed by atoms with Gasteiger partial charge in [0.15, 0.2) is 17.5 Å². The molecule has 0 aliphatic rings. The Morgan fingerprint density at radius 3 is 2.41 bits per heavy atom. The molecule has 2 N–H and O–H groups in total. The molecular formula is C22H31ClN4O2. The van der Waals surface area contributed by atoms with Gasteiger partial charge in [-0.15, -0.1) is 0 Å². The van der Waals surface area contributed by atoms with E-state index >= 15 is 0 Å². The number of aliphatic imine (C=N–C) groups is 1. The van der Waals surface area contributed by atoms with E-state index in [2.05, 4.69) is 33.6 Å². The Morgan fingerprint density at radius 1 is 0.966 bits per heavy atom. The van der Waals surface area contributed by atoms with Crippen molar-refractivity contribution in [3.05, 3.63) is 52.8 Å². The van der Waals surface area contributed by atoms with Crippen molar-refractivity contribution in [2.24, 2.45) is 4.99 Å². The molecule has 2 aromatic rings. The number of aromatic nitrogens is 1. The average molecular weight is 419 g/mol. The van der Waals surface area contributed by atoms with Gasteiger partial charge < -0.3 is 20.1 Å². The molecule has 1 aromatic carbocycles. The number of nitrogens with one attached hydrogen (secondary N) is 2. The summed E-state index contributed by atoms with van der Waals surface area (Å²) in [5.41, 5.74) is 2.30. The Hall–Kier alpha value is -2.47. The molecule has 0 saturated carbocycles. The Kier molecular flexibility index (Phi) is 10.1. The number of guanidine groups is 1. The first-order chi connectivity index (χ1) is 14.2. The number of nitrogens with zero attached hydrogens (tertiary/aromatic N) is 2. The van der Waals surface area contributed by atoms with E-state index in [4.69, 9.17) is 21.1 Å². The van der Waals surface area contributed by atoms with E-state index in [0.717, 1.165) is 49.0 Å². The molecule has 0 amide bonds. The second-order valence-electron chi connectivity index (χ2n) is 6.32. The summed E-state index contributed by atoms with van der Waals surface area (Å²) in [5.74, 6) is 2.39. The van der Waals surface area contributed by atoms with Gasteiger partial charge in [0.1, 0.15) is 5.15 Å². The first-order valence-corrected chi connectivity index (χ1v) is 10.5.